The van der Waals surface area contributed by atoms with Crippen LogP contribution in [0.3, 0.4) is 0 Å². The first-order valence-corrected chi connectivity index (χ1v) is 44.9. The van der Waals surface area contributed by atoms with Gasteiger partial charge in [-0.15, -0.1) is 0 Å². The molecule has 8 heterocycles. The van der Waals surface area contributed by atoms with Crippen molar-refractivity contribution >= 4 is 98.2 Å². The number of Topliss-reactive ketones (excluding diaryl/α,β-unsaturated/α-hetero) is 3. The van der Waals surface area contributed by atoms with E-state index in [-0.39, 0.29) is 117 Å². The molecule has 1 N–H and O–H groups in total. The summed E-state index contributed by atoms with van der Waals surface area (Å²) >= 11 is 14.1. The number of allylic oxidation sites excluding steroid dienone is 5. The number of rotatable bonds is 23. The molecule has 10 fully saturated rings. The Morgan fingerprint density at radius 3 is 1.49 bits per heavy atom. The molecule has 12 aliphatic rings. The fourth-order valence-electron chi connectivity index (χ4n) is 20.2. The number of esters is 2. The summed E-state index contributed by atoms with van der Waals surface area (Å²) in [7, 11) is 0. The van der Waals surface area contributed by atoms with Gasteiger partial charge >= 0.3 is 17.9 Å². The van der Waals surface area contributed by atoms with E-state index in [9.17, 15) is 43.5 Å². The molecule has 118 heavy (non-hydrogen) atoms. The molecule has 23 nitrogen and oxygen atoms in total. The minimum atomic E-state index is -1.19. The van der Waals surface area contributed by atoms with Gasteiger partial charge in [0.1, 0.15) is 76.5 Å². The minimum Gasteiger partial charge on any atom is -0.491 e. The van der Waals surface area contributed by atoms with E-state index < -0.39 is 52.9 Å². The second kappa shape index (κ2) is 37.8. The number of amides is 2. The summed E-state index contributed by atoms with van der Waals surface area (Å²) < 4.78 is 48.8. The number of benzene rings is 2. The van der Waals surface area contributed by atoms with Crippen LogP contribution in [0.15, 0.2) is 66.3 Å². The highest BCUT2D eigenvalue weighted by Gasteiger charge is 2.62. The number of carboxylic acid groups (broad SMARTS) is 1. The predicted octanol–water partition coefficient (Wildman–Crippen LogP) is 14.9. The van der Waals surface area contributed by atoms with Crippen molar-refractivity contribution in [1.29, 1.82) is 0 Å². The van der Waals surface area contributed by atoms with E-state index in [2.05, 4.69) is 35.8 Å². The average Bonchev–Trinajstić information content (AvgIpc) is 1.60. The number of fused-ring (bicyclic) bond motifs is 8. The summed E-state index contributed by atoms with van der Waals surface area (Å²) in [6.07, 6.45) is 24.9. The summed E-state index contributed by atoms with van der Waals surface area (Å²) in [5.41, 5.74) is 1.64. The van der Waals surface area contributed by atoms with Gasteiger partial charge in [-0.2, -0.15) is 0 Å². The number of carbonyl (C=O) groups excluding carboxylic acids is 7. The maximum absolute atomic E-state index is 14.8. The van der Waals surface area contributed by atoms with Gasteiger partial charge in [-0.05, 0) is 189 Å². The Morgan fingerprint density at radius 2 is 1.03 bits per heavy atom. The Labute approximate surface area is 703 Å². The number of ketones is 3. The third-order valence-electron chi connectivity index (χ3n) is 27.3. The van der Waals surface area contributed by atoms with Crippen molar-refractivity contribution in [3.05, 3.63) is 87.7 Å². The number of ether oxygens (including phenoxy) is 8. The van der Waals surface area contributed by atoms with Crippen LogP contribution in [0.4, 0.5) is 0 Å². The molecule has 16 atom stereocenters. The zero-order chi connectivity index (χ0) is 82.5. The Hall–Kier alpha value is -7.54. The van der Waals surface area contributed by atoms with Crippen LogP contribution >= 0.6 is 23.2 Å². The second-order valence-corrected chi connectivity index (χ2v) is 37.5. The molecule has 4 saturated heterocycles. The van der Waals surface area contributed by atoms with Gasteiger partial charge in [-0.25, -0.2) is 4.98 Å². The molecule has 6 aliphatic carbocycles. The molecule has 0 spiro atoms. The van der Waals surface area contributed by atoms with Gasteiger partial charge in [0.05, 0.1) is 86.6 Å². The van der Waals surface area contributed by atoms with Crippen molar-refractivity contribution in [2.75, 3.05) is 92.0 Å². The molecule has 4 aromatic rings. The first kappa shape index (κ1) is 85.4. The monoisotopic (exact) mass is 1660 g/mol. The molecule has 2 unspecified atom stereocenters. The molecule has 2 aromatic carbocycles. The molecule has 0 radical (unpaired) electrons. The van der Waals surface area contributed by atoms with E-state index in [0.717, 1.165) is 146 Å². The molecule has 2 amide bonds. The molecule has 25 heteroatoms. The number of halogens is 2. The highest BCUT2D eigenvalue weighted by Crippen LogP contribution is 2.59. The molecule has 0 bridgehead atoms. The van der Waals surface area contributed by atoms with Crippen LogP contribution in [0.2, 0.25) is 10.0 Å². The SMILES string of the molecule is CC(=O)[C@]12CC(=O)[C@@H]3C[C@@H](Oc4cc(CC(C)C)nc5c(Cl)c(OCCN6CCOCC6)ccc45)CN3C(=O)[C@@H](CC(=O)OC3C[C@@H]4C[C@@H]4C3)CCCCC/C=C\[C@@H]1C2.CC(C)=Cc1cc(O[C@@H]2C[C@H]3C(=O)C[C@]4(C(=O)O)C[C@H]4/C=C\CCCCC[C@H](CC(=O)OC4C[C@@H]5C[C@@H]5C4)C(=O)N3C2)c2ccc(OCCN3CCOCC3)c(Cl)c2n1. The number of carbonyl (C=O) groups is 8. The number of nitrogens with zero attached hydrogens (tertiary/aromatic N) is 6. The topological polar surface area (TPSA) is 269 Å². The summed E-state index contributed by atoms with van der Waals surface area (Å²) in [6, 6.07) is 9.58. The Morgan fingerprint density at radius 1 is 0.568 bits per heavy atom. The molecule has 6 saturated carbocycles. The lowest BCUT2D eigenvalue weighted by Gasteiger charge is -2.29. The quantitative estimate of drug-likeness (QED) is 0.0534. The number of aromatic nitrogens is 2. The first-order chi connectivity index (χ1) is 56.9. The van der Waals surface area contributed by atoms with E-state index >= 15 is 0 Å². The van der Waals surface area contributed by atoms with Gasteiger partial charge in [0, 0.05) is 111 Å². The van der Waals surface area contributed by atoms with Crippen molar-refractivity contribution in [1.82, 2.24) is 29.6 Å². The lowest BCUT2D eigenvalue weighted by atomic mass is 9.88. The normalized spacial score (nSPS) is 31.7. The minimum absolute atomic E-state index is 0.00410. The maximum Gasteiger partial charge on any atom is 0.310 e. The third kappa shape index (κ3) is 20.6. The van der Waals surface area contributed by atoms with Crippen LogP contribution in [-0.2, 0) is 63.7 Å². The smallest absolute Gasteiger partial charge is 0.310 e. The van der Waals surface area contributed by atoms with Crippen LogP contribution in [0.25, 0.3) is 27.9 Å². The highest BCUT2D eigenvalue weighted by molar-refractivity contribution is 6.37. The van der Waals surface area contributed by atoms with Gasteiger partial charge in [-0.1, -0.05) is 92.6 Å². The second-order valence-electron chi connectivity index (χ2n) is 36.8. The van der Waals surface area contributed by atoms with Crippen LogP contribution < -0.4 is 18.9 Å². The molecule has 6 aliphatic heterocycles. The Kier molecular flexibility index (Phi) is 27.4. The zero-order valence-electron chi connectivity index (χ0n) is 69.5. The van der Waals surface area contributed by atoms with Gasteiger partial charge in [0.15, 0.2) is 11.6 Å². The van der Waals surface area contributed by atoms with Crippen LogP contribution in [0, 0.1) is 64.1 Å². The number of carboxylic acids is 1. The first-order valence-electron chi connectivity index (χ1n) is 44.2. The number of aliphatic carboxylic acids is 1. The summed E-state index contributed by atoms with van der Waals surface area (Å²) in [5, 5.41) is 12.5. The van der Waals surface area contributed by atoms with Gasteiger partial charge < -0.3 is 52.8 Å². The summed E-state index contributed by atoms with van der Waals surface area (Å²) in [5.74, 6) is 1.07. The van der Waals surface area contributed by atoms with Crippen molar-refractivity contribution < 1.29 is 81.4 Å². The Balaban J connectivity index is 0.000000185. The van der Waals surface area contributed by atoms with E-state index in [1.165, 1.54) is 12.8 Å². The van der Waals surface area contributed by atoms with Gasteiger partial charge in [0.25, 0.3) is 0 Å². The molecule has 2 aromatic heterocycles. The standard InChI is InChI=1S/C47H62ClN3O8.C46H58ClN3O9/c1-29(2)19-35-24-42(38-11-12-41(44(48)45(38)49-35)57-18-15-50-13-16-56-17-14-50)58-37-25-39-40(53)27-47(30(3)52)26-34(47)10-8-6-4-5-7-9-31(46(55)51(39)28-37)23-43(54)59-36-21-32-20-33(32)22-36;1-28(2)18-33-23-40(36-10-11-39(42(47)43(36)48-33)57-17-14-49-12-15-56-16-13-49)58-35-24-37-38(51)26-46(45(54)55)25-32(46)9-7-5-3-4-6-8-29(44(53)50(37)27-35)22-41(52)59-34-20-30-19-31(30)21-34/h8,10-12,24,29,31-34,36-37,39H,4-7,9,13-23,25-28H2,1-3H3;7,9-11,18,23,29-32,34-35,37H,3-6,8,12-17,19-22,24-27H2,1-2H3,(H,54,55)/b10-8-;9-7-/t31-,32-,33+,34-,36?,37-,39+,47+;29-,30-,31+,32-,34?,35-,37+,46-/m11/s1. The molecule has 16 rings (SSSR count). The maximum atomic E-state index is 14.8. The fourth-order valence-corrected chi connectivity index (χ4v) is 20.7. The largest absolute Gasteiger partial charge is 0.491 e. The van der Waals surface area contributed by atoms with E-state index in [0.29, 0.717) is 143 Å². The lowest BCUT2D eigenvalue weighted by Crippen LogP contribution is -2.45. The number of morpholine rings is 2. The molecule has 638 valence electrons. The van der Waals surface area contributed by atoms with Gasteiger partial charge in [0.2, 0.25) is 11.8 Å². The third-order valence-corrected chi connectivity index (χ3v) is 28.0. The van der Waals surface area contributed by atoms with Crippen molar-refractivity contribution in [3.63, 3.8) is 0 Å². The van der Waals surface area contributed by atoms with E-state index in [1.807, 2.05) is 68.5 Å². The van der Waals surface area contributed by atoms with Crippen LogP contribution in [0.5, 0.6) is 23.0 Å². The average molecular weight is 1660 g/mol. The number of hydrogen-bond acceptors (Lipinski definition) is 20. The number of hydrogen-bond donors (Lipinski definition) is 1. The van der Waals surface area contributed by atoms with Crippen LogP contribution in [0.1, 0.15) is 200 Å². The predicted molar refractivity (Wildman–Crippen MR) is 447 cm³/mol. The van der Waals surface area contributed by atoms with Crippen molar-refractivity contribution in [2.45, 2.75) is 232 Å². The van der Waals surface area contributed by atoms with E-state index in [1.54, 1.807) is 16.7 Å². The number of pyridine rings is 2. The fraction of sp³-hybridized carbons (Fsp3) is 0.656. The van der Waals surface area contributed by atoms with E-state index in [4.69, 9.17) is 71.1 Å². The zero-order valence-corrected chi connectivity index (χ0v) is 71.0. The highest BCUT2D eigenvalue weighted by atomic mass is 35.5. The van der Waals surface area contributed by atoms with Crippen molar-refractivity contribution in [2.24, 2.45) is 64.1 Å². The van der Waals surface area contributed by atoms with Crippen LogP contribution in [-0.4, -0.2) is 210 Å². The molecular weight excluding hydrogens is 1540 g/mol. The lowest BCUT2D eigenvalue weighted by molar-refractivity contribution is -0.154. The summed E-state index contributed by atoms with van der Waals surface area (Å²) in [6.45, 7) is 18.8. The van der Waals surface area contributed by atoms with Crippen molar-refractivity contribution in [3.8, 4) is 23.0 Å². The molecular formula is C93H120Cl2N6O17. The van der Waals surface area contributed by atoms with Gasteiger partial charge in [-0.3, -0.25) is 53.1 Å². The summed E-state index contributed by atoms with van der Waals surface area (Å²) in [4.78, 5) is 129. The Bertz CT molecular complexity index is 4460.